The van der Waals surface area contributed by atoms with Gasteiger partial charge in [0.25, 0.3) is 0 Å². The quantitative estimate of drug-likeness (QED) is 0.404. The van der Waals surface area contributed by atoms with Gasteiger partial charge in [-0.05, 0) is 0 Å². The predicted molar refractivity (Wildman–Crippen MR) is 22.3 cm³/mol. The summed E-state index contributed by atoms with van der Waals surface area (Å²) in [6, 6.07) is 0. The predicted octanol–water partition coefficient (Wildman–Crippen LogP) is -0.919. The Morgan fingerprint density at radius 1 is 1.33 bits per heavy atom. The van der Waals surface area contributed by atoms with Crippen molar-refractivity contribution in [2.24, 2.45) is 10.2 Å². The number of hydrazone groups is 1. The molecule has 4 heteroatoms. The van der Waals surface area contributed by atoms with Crippen molar-refractivity contribution in [3.05, 3.63) is 0 Å². The molecule has 1 aliphatic rings. The van der Waals surface area contributed by atoms with Gasteiger partial charge in [-0.3, -0.25) is 0 Å². The van der Waals surface area contributed by atoms with Crippen LogP contribution in [0.4, 0.5) is 0 Å². The van der Waals surface area contributed by atoms with Crippen molar-refractivity contribution in [3.63, 3.8) is 0 Å². The highest BCUT2D eigenvalue weighted by molar-refractivity contribution is 6.16. The third-order valence-corrected chi connectivity index (χ3v) is 0.368. The zero-order valence-electron chi connectivity index (χ0n) is 3.00. The molecule has 1 radical (unpaired) electrons. The third-order valence-electron chi connectivity index (χ3n) is 0.368. The fourth-order valence-corrected chi connectivity index (χ4v) is 0.181. The van der Waals surface area contributed by atoms with Crippen LogP contribution in [0.1, 0.15) is 0 Å². The summed E-state index contributed by atoms with van der Waals surface area (Å²) in [5.74, 6) is 0. The van der Waals surface area contributed by atoms with E-state index in [1.165, 1.54) is 12.4 Å². The monoisotopic (exact) mass is 83.0 g/mol. The first-order valence-corrected chi connectivity index (χ1v) is 1.50. The minimum Gasteiger partial charge on any atom is -0.179 e. The number of rotatable bonds is 0. The first-order chi connectivity index (χ1) is 3.00. The number of nitrogens with one attached hydrogen (secondary N) is 1. The van der Waals surface area contributed by atoms with Crippen LogP contribution in [0.25, 0.3) is 0 Å². The Morgan fingerprint density at radius 2 is 2.33 bits per heavy atom. The molecule has 0 aromatic carbocycles. The highest BCUT2D eigenvalue weighted by Gasteiger charge is 1.75. The van der Waals surface area contributed by atoms with Crippen molar-refractivity contribution < 1.29 is 0 Å². The van der Waals surface area contributed by atoms with Crippen molar-refractivity contribution in [2.75, 3.05) is 0 Å². The van der Waals surface area contributed by atoms with Gasteiger partial charge in [-0.25, -0.2) is 0 Å². The summed E-state index contributed by atoms with van der Waals surface area (Å²) in [5.41, 5.74) is 5.58. The maximum absolute atomic E-state index is 3.49. The van der Waals surface area contributed by atoms with Crippen LogP contribution in [0.5, 0.6) is 0 Å². The molecule has 4 nitrogen and oxygen atoms in total. The zero-order chi connectivity index (χ0) is 4.24. The number of nitrogens with zero attached hydrogens (tertiary/aromatic N) is 3. The Hall–Kier alpha value is -1.06. The van der Waals surface area contributed by atoms with Gasteiger partial charge < -0.3 is 0 Å². The van der Waals surface area contributed by atoms with Crippen LogP contribution < -0.4 is 11.1 Å². The summed E-state index contributed by atoms with van der Waals surface area (Å²) in [6.45, 7) is 0. The Kier molecular flexibility index (Phi) is 0.731. The molecule has 31 valence electrons. The van der Waals surface area contributed by atoms with E-state index in [0.29, 0.717) is 0 Å². The van der Waals surface area contributed by atoms with E-state index in [9.17, 15) is 0 Å². The minimum atomic E-state index is 1.50. The molecule has 0 amide bonds. The molecule has 0 atom stereocenters. The summed E-state index contributed by atoms with van der Waals surface area (Å²) in [6.07, 6.45) is 3.02. The second kappa shape index (κ2) is 1.40. The Balaban J connectivity index is 2.46. The summed E-state index contributed by atoms with van der Waals surface area (Å²) in [5, 5.41) is 6.90. The molecule has 0 saturated heterocycles. The lowest BCUT2D eigenvalue weighted by atomic mass is 10.8. The number of hydrogen-bond donors (Lipinski definition) is 1. The zero-order valence-corrected chi connectivity index (χ0v) is 3.00. The maximum atomic E-state index is 3.49. The van der Waals surface area contributed by atoms with E-state index in [4.69, 9.17) is 0 Å². The molecule has 0 aromatic heterocycles. The van der Waals surface area contributed by atoms with E-state index in [0.717, 1.165) is 0 Å². The summed E-state index contributed by atoms with van der Waals surface area (Å²) in [4.78, 5) is 0. The molecule has 0 saturated carbocycles. The topological polar surface area (TPSA) is 50.9 Å². The van der Waals surface area contributed by atoms with Crippen LogP contribution in [0.15, 0.2) is 10.2 Å². The van der Waals surface area contributed by atoms with Gasteiger partial charge in [0, 0.05) is 0 Å². The van der Waals surface area contributed by atoms with E-state index in [1.807, 2.05) is 0 Å². The van der Waals surface area contributed by atoms with Crippen molar-refractivity contribution >= 4 is 12.4 Å². The molecule has 1 rings (SSSR count). The molecule has 0 aromatic rings. The van der Waals surface area contributed by atoms with Gasteiger partial charge in [0.15, 0.2) is 0 Å². The minimum absolute atomic E-state index is 1.50. The van der Waals surface area contributed by atoms with Gasteiger partial charge in [0.1, 0.15) is 0 Å². The smallest absolute Gasteiger partial charge is 0.0715 e. The van der Waals surface area contributed by atoms with Gasteiger partial charge in [-0.15, -0.1) is 5.10 Å². The highest BCUT2D eigenvalue weighted by atomic mass is 15.7. The van der Waals surface area contributed by atoms with Crippen LogP contribution >= 0.6 is 0 Å². The Morgan fingerprint density at radius 3 is 2.50 bits per heavy atom. The average Bonchev–Trinajstić information content (AvgIpc) is 1.72. The van der Waals surface area contributed by atoms with Crippen molar-refractivity contribution in [3.8, 4) is 0 Å². The molecule has 0 unspecified atom stereocenters. The lowest BCUT2D eigenvalue weighted by Crippen LogP contribution is -2.16. The van der Waals surface area contributed by atoms with E-state index in [2.05, 4.69) is 21.3 Å². The molecule has 0 bridgehead atoms. The van der Waals surface area contributed by atoms with Gasteiger partial charge in [0.05, 0.1) is 12.4 Å². The standard InChI is InChI=1S/C2H3N4/c1-2-4-6-5-3-1/h1-2,5H. The van der Waals surface area contributed by atoms with Crippen LogP contribution in [0.2, 0.25) is 0 Å². The lowest BCUT2D eigenvalue weighted by Gasteiger charge is -1.91. The van der Waals surface area contributed by atoms with Crippen molar-refractivity contribution in [1.82, 2.24) is 11.1 Å². The SMILES string of the molecule is C1=N[N]NN=C1. The molecule has 1 heterocycles. The summed E-state index contributed by atoms with van der Waals surface area (Å²) < 4.78 is 0. The molecule has 0 aliphatic carbocycles. The fraction of sp³-hybridized carbons (Fsp3) is 0. The van der Waals surface area contributed by atoms with E-state index in [1.54, 1.807) is 0 Å². The largest absolute Gasteiger partial charge is 0.179 e. The second-order valence-corrected chi connectivity index (χ2v) is 0.743. The molecule has 1 N–H and O–H groups in total. The van der Waals surface area contributed by atoms with Gasteiger partial charge in [-0.1, -0.05) is 5.53 Å². The van der Waals surface area contributed by atoms with Crippen molar-refractivity contribution in [2.45, 2.75) is 0 Å². The Bertz CT molecular complexity index is 71.5. The van der Waals surface area contributed by atoms with Gasteiger partial charge >= 0.3 is 0 Å². The number of hydrogen-bond acceptors (Lipinski definition) is 3. The average molecular weight is 83.1 g/mol. The van der Waals surface area contributed by atoms with Crippen LogP contribution in [0.3, 0.4) is 0 Å². The molecule has 0 fully saturated rings. The fourth-order valence-electron chi connectivity index (χ4n) is 0.181. The van der Waals surface area contributed by atoms with Crippen LogP contribution in [0, 0.1) is 0 Å². The van der Waals surface area contributed by atoms with Gasteiger partial charge in [-0.2, -0.15) is 10.6 Å². The van der Waals surface area contributed by atoms with E-state index in [-0.39, 0.29) is 0 Å². The second-order valence-electron chi connectivity index (χ2n) is 0.743. The van der Waals surface area contributed by atoms with Crippen LogP contribution in [-0.2, 0) is 0 Å². The highest BCUT2D eigenvalue weighted by Crippen LogP contribution is 1.60. The normalized spacial score (nSPS) is 16.0. The Labute approximate surface area is 34.9 Å². The van der Waals surface area contributed by atoms with Crippen molar-refractivity contribution in [1.29, 1.82) is 0 Å². The summed E-state index contributed by atoms with van der Waals surface area (Å²) >= 11 is 0. The summed E-state index contributed by atoms with van der Waals surface area (Å²) in [7, 11) is 0. The molecular formula is C2H3N4. The molecular weight excluding hydrogens is 80.0 g/mol. The maximum Gasteiger partial charge on any atom is 0.0715 e. The van der Waals surface area contributed by atoms with Gasteiger partial charge in [0.2, 0.25) is 0 Å². The third kappa shape index (κ3) is 0.453. The van der Waals surface area contributed by atoms with Crippen LogP contribution in [-0.4, -0.2) is 12.4 Å². The van der Waals surface area contributed by atoms with E-state index >= 15 is 0 Å². The molecule has 1 aliphatic heterocycles. The molecule has 0 spiro atoms. The first-order valence-electron chi connectivity index (χ1n) is 1.50. The molecule has 6 heavy (non-hydrogen) atoms. The lowest BCUT2D eigenvalue weighted by molar-refractivity contribution is 0.570. The van der Waals surface area contributed by atoms with E-state index < -0.39 is 0 Å². The first kappa shape index (κ1) is 3.14.